The fraction of sp³-hybridized carbons (Fsp3) is 0.579. The van der Waals surface area contributed by atoms with E-state index in [1.54, 1.807) is 40.3 Å². The summed E-state index contributed by atoms with van der Waals surface area (Å²) in [4.78, 5) is 28.3. The van der Waals surface area contributed by atoms with E-state index in [1.165, 1.54) is 15.9 Å². The van der Waals surface area contributed by atoms with Crippen molar-refractivity contribution in [3.8, 4) is 11.5 Å². The highest BCUT2D eigenvalue weighted by atomic mass is 16.6. The summed E-state index contributed by atoms with van der Waals surface area (Å²) < 4.78 is 10.6. The van der Waals surface area contributed by atoms with Gasteiger partial charge in [0, 0.05) is 46.3 Å². The Bertz CT molecular complexity index is 628. The number of carbonyl (C=O) groups is 2. The van der Waals surface area contributed by atoms with Gasteiger partial charge in [-0.3, -0.25) is 4.90 Å². The van der Waals surface area contributed by atoms with Crippen LogP contribution in [0.3, 0.4) is 0 Å². The van der Waals surface area contributed by atoms with Gasteiger partial charge in [0.2, 0.25) is 0 Å². The maximum atomic E-state index is 11.9. The van der Waals surface area contributed by atoms with Gasteiger partial charge in [0.05, 0.1) is 6.10 Å². The Labute approximate surface area is 161 Å². The second-order valence-electron chi connectivity index (χ2n) is 7.83. The summed E-state index contributed by atoms with van der Waals surface area (Å²) in [6.45, 7) is 6.48. The minimum atomic E-state index is -0.857. The van der Waals surface area contributed by atoms with Crippen LogP contribution in [0.15, 0.2) is 18.2 Å². The normalized spacial score (nSPS) is 12.5. The summed E-state index contributed by atoms with van der Waals surface area (Å²) >= 11 is 0. The first kappa shape index (κ1) is 22.7. The van der Waals surface area contributed by atoms with Gasteiger partial charge >= 0.3 is 12.2 Å². The molecule has 0 radical (unpaired) electrons. The van der Waals surface area contributed by atoms with E-state index >= 15 is 0 Å². The van der Waals surface area contributed by atoms with E-state index < -0.39 is 18.3 Å². The molecule has 0 heterocycles. The molecule has 1 atom stereocenters. The topological polar surface area (TPSA) is 82.5 Å². The van der Waals surface area contributed by atoms with Gasteiger partial charge in [0.15, 0.2) is 0 Å². The molecule has 8 nitrogen and oxygen atoms in total. The molecule has 0 aliphatic carbocycles. The van der Waals surface area contributed by atoms with Gasteiger partial charge in [-0.15, -0.1) is 0 Å². The van der Waals surface area contributed by atoms with Crippen molar-refractivity contribution in [2.45, 2.75) is 32.4 Å². The largest absolute Gasteiger partial charge is 0.414 e. The molecule has 8 heteroatoms. The van der Waals surface area contributed by atoms with Crippen molar-refractivity contribution in [1.29, 1.82) is 0 Å². The van der Waals surface area contributed by atoms with Crippen molar-refractivity contribution in [3.63, 3.8) is 0 Å². The summed E-state index contributed by atoms with van der Waals surface area (Å²) in [5.41, 5.74) is 0.354. The van der Waals surface area contributed by atoms with Crippen LogP contribution in [0, 0.1) is 0 Å². The van der Waals surface area contributed by atoms with E-state index in [9.17, 15) is 14.7 Å². The lowest BCUT2D eigenvalue weighted by Crippen LogP contribution is -2.40. The van der Waals surface area contributed by atoms with Crippen molar-refractivity contribution in [1.82, 2.24) is 14.7 Å². The molecule has 1 unspecified atom stereocenters. The third-order valence-corrected chi connectivity index (χ3v) is 4.02. The Kier molecular flexibility index (Phi) is 7.62. The molecule has 27 heavy (non-hydrogen) atoms. The first-order valence-electron chi connectivity index (χ1n) is 8.64. The van der Waals surface area contributed by atoms with Crippen molar-refractivity contribution >= 4 is 12.2 Å². The fourth-order valence-corrected chi connectivity index (χ4v) is 1.93. The zero-order valence-electron chi connectivity index (χ0n) is 17.4. The van der Waals surface area contributed by atoms with Gasteiger partial charge in [-0.25, -0.2) is 9.59 Å². The van der Waals surface area contributed by atoms with Gasteiger partial charge in [-0.05, 0) is 45.5 Å². The summed E-state index contributed by atoms with van der Waals surface area (Å²) in [5.74, 6) is 0.371. The Hall–Kier alpha value is -2.32. The monoisotopic (exact) mass is 381 g/mol. The Balaban J connectivity index is 3.16. The second-order valence-corrected chi connectivity index (χ2v) is 7.83. The van der Waals surface area contributed by atoms with E-state index in [2.05, 4.69) is 0 Å². The van der Waals surface area contributed by atoms with Gasteiger partial charge < -0.3 is 24.4 Å². The van der Waals surface area contributed by atoms with Crippen molar-refractivity contribution < 1.29 is 24.2 Å². The Morgan fingerprint density at radius 2 is 1.33 bits per heavy atom. The van der Waals surface area contributed by atoms with E-state index in [1.807, 2.05) is 32.7 Å². The molecule has 1 aromatic rings. The maximum absolute atomic E-state index is 11.9. The summed E-state index contributed by atoms with van der Waals surface area (Å²) in [6.07, 6.45) is -2.00. The second kappa shape index (κ2) is 9.05. The minimum Gasteiger partial charge on any atom is -0.410 e. The van der Waals surface area contributed by atoms with E-state index in [4.69, 9.17) is 9.47 Å². The lowest BCUT2D eigenvalue weighted by atomic mass is 10.0. The molecule has 0 bridgehead atoms. The molecule has 0 saturated heterocycles. The fourth-order valence-electron chi connectivity index (χ4n) is 1.93. The van der Waals surface area contributed by atoms with Crippen LogP contribution < -0.4 is 9.47 Å². The average Bonchev–Trinajstić information content (AvgIpc) is 2.53. The molecule has 1 rings (SSSR count). The summed E-state index contributed by atoms with van der Waals surface area (Å²) in [5, 5.41) is 10.6. The molecule has 152 valence electrons. The van der Waals surface area contributed by atoms with Crippen LogP contribution in [0.2, 0.25) is 0 Å². The smallest absolute Gasteiger partial charge is 0.410 e. The van der Waals surface area contributed by atoms with E-state index in [-0.39, 0.29) is 17.0 Å². The highest BCUT2D eigenvalue weighted by Crippen LogP contribution is 2.29. The van der Waals surface area contributed by atoms with Crippen LogP contribution in [0.5, 0.6) is 11.5 Å². The van der Waals surface area contributed by atoms with Crippen LogP contribution in [0.4, 0.5) is 9.59 Å². The molecule has 1 aromatic carbocycles. The molecule has 0 aromatic heterocycles. The van der Waals surface area contributed by atoms with Crippen LogP contribution in [0.1, 0.15) is 32.4 Å². The zero-order valence-corrected chi connectivity index (χ0v) is 17.4. The lowest BCUT2D eigenvalue weighted by Gasteiger charge is -2.33. The number of aliphatic hydroxyl groups is 1. The van der Waals surface area contributed by atoms with Crippen LogP contribution >= 0.6 is 0 Å². The zero-order chi connectivity index (χ0) is 20.9. The maximum Gasteiger partial charge on any atom is 0.414 e. The number of likely N-dealkylation sites (N-methyl/N-ethyl adjacent to an activating group) is 1. The predicted molar refractivity (Wildman–Crippen MR) is 103 cm³/mol. The number of aliphatic hydroxyl groups excluding tert-OH is 1. The SMILES string of the molecule is CN(C)C(=O)Oc1cc(OC(=O)N(C)C)cc(C(O)CN(C)C(C)(C)C)c1. The van der Waals surface area contributed by atoms with Crippen LogP contribution in [-0.2, 0) is 0 Å². The van der Waals surface area contributed by atoms with Crippen molar-refractivity contribution in [2.24, 2.45) is 0 Å². The molecular weight excluding hydrogens is 350 g/mol. The minimum absolute atomic E-state index is 0.129. The van der Waals surface area contributed by atoms with Gasteiger partial charge in [-0.1, -0.05) is 0 Å². The highest BCUT2D eigenvalue weighted by molar-refractivity contribution is 5.72. The number of hydrogen-bond donors (Lipinski definition) is 1. The molecular formula is C19H31N3O5. The third-order valence-electron chi connectivity index (χ3n) is 4.02. The first-order valence-corrected chi connectivity index (χ1v) is 8.64. The molecule has 2 amide bonds. The molecule has 0 spiro atoms. The number of ether oxygens (including phenoxy) is 2. The predicted octanol–water partition coefficient (Wildman–Crippen LogP) is 2.57. The van der Waals surface area contributed by atoms with Crippen LogP contribution in [0.25, 0.3) is 0 Å². The number of hydrogen-bond acceptors (Lipinski definition) is 6. The van der Waals surface area contributed by atoms with Gasteiger partial charge in [-0.2, -0.15) is 0 Å². The van der Waals surface area contributed by atoms with E-state index in [0.717, 1.165) is 0 Å². The van der Waals surface area contributed by atoms with E-state index in [0.29, 0.717) is 12.1 Å². The van der Waals surface area contributed by atoms with Gasteiger partial charge in [0.1, 0.15) is 11.5 Å². The number of β-amino-alcohol motifs (C(OH)–C–C–N with tert-alkyl or cyclic N) is 1. The molecule has 0 fully saturated rings. The molecule has 1 N–H and O–H groups in total. The lowest BCUT2D eigenvalue weighted by molar-refractivity contribution is 0.0786. The number of rotatable bonds is 5. The summed E-state index contributed by atoms with van der Waals surface area (Å²) in [7, 11) is 8.16. The van der Waals surface area contributed by atoms with Gasteiger partial charge in [0.25, 0.3) is 0 Å². The third kappa shape index (κ3) is 7.07. The summed E-state index contributed by atoms with van der Waals surface area (Å²) in [6, 6.07) is 4.57. The van der Waals surface area contributed by atoms with Crippen molar-refractivity contribution in [2.75, 3.05) is 41.8 Å². The number of amides is 2. The molecule has 0 aliphatic rings. The van der Waals surface area contributed by atoms with Crippen LogP contribution in [-0.4, -0.2) is 79.3 Å². The Morgan fingerprint density at radius 1 is 0.926 bits per heavy atom. The average molecular weight is 381 g/mol. The standard InChI is InChI=1S/C19H31N3O5/c1-19(2,3)22(8)12-16(23)13-9-14(26-17(24)20(4)5)11-15(10-13)27-18(25)21(6)7/h9-11,16,23H,12H2,1-8H3. The Morgan fingerprint density at radius 3 is 1.67 bits per heavy atom. The number of benzene rings is 1. The quantitative estimate of drug-likeness (QED) is 0.844. The molecule has 0 aliphatic heterocycles. The molecule has 0 saturated carbocycles. The number of nitrogens with zero attached hydrogens (tertiary/aromatic N) is 3. The first-order chi connectivity index (χ1) is 12.3. The van der Waals surface area contributed by atoms with Crippen molar-refractivity contribution in [3.05, 3.63) is 23.8 Å². The highest BCUT2D eigenvalue weighted by Gasteiger charge is 2.22. The number of carbonyl (C=O) groups excluding carboxylic acids is 2.